The molecule has 0 fully saturated rings. The smallest absolute Gasteiger partial charge is 0.388 e. The molecule has 0 aliphatic carbocycles. The van der Waals surface area contributed by atoms with Gasteiger partial charge in [-0.1, -0.05) is 0 Å². The summed E-state index contributed by atoms with van der Waals surface area (Å²) < 4.78 is 34.0. The van der Waals surface area contributed by atoms with E-state index in [0.29, 0.717) is 0 Å². The first kappa shape index (κ1) is 12.6. The quantitative estimate of drug-likeness (QED) is 0.624. The molecule has 0 aromatic carbocycles. The lowest BCUT2D eigenvalue weighted by Gasteiger charge is -2.05. The molecule has 0 aromatic heterocycles. The Bertz CT molecular complexity index is 85.1. The van der Waals surface area contributed by atoms with Gasteiger partial charge in [0.05, 0.1) is 0 Å². The van der Waals surface area contributed by atoms with Crippen LogP contribution in [-0.2, 0) is 0 Å². The van der Waals surface area contributed by atoms with E-state index in [1.807, 2.05) is 0 Å². The van der Waals surface area contributed by atoms with Gasteiger partial charge in [0.25, 0.3) is 0 Å². The maximum absolute atomic E-state index is 11.3. The Morgan fingerprint density at radius 1 is 1.40 bits per heavy atom. The van der Waals surface area contributed by atoms with Crippen LogP contribution in [0.4, 0.5) is 13.2 Å². The van der Waals surface area contributed by atoms with Crippen molar-refractivity contribution in [1.29, 1.82) is 0 Å². The van der Waals surface area contributed by atoms with Crippen LogP contribution in [0.1, 0.15) is 6.42 Å². The number of hydrogen-bond acceptors (Lipinski definition) is 2. The predicted molar refractivity (Wildman–Crippen MR) is 35.7 cm³/mol. The van der Waals surface area contributed by atoms with E-state index in [1.165, 1.54) is 6.55 Å². The van der Waals surface area contributed by atoms with Crippen molar-refractivity contribution in [2.45, 2.75) is 25.2 Å². The zero-order chi connectivity index (χ0) is 7.49. The van der Waals surface area contributed by atoms with Crippen molar-refractivity contribution < 1.29 is 18.0 Å². The highest BCUT2D eigenvalue weighted by atomic mass is 28.3. The van der Waals surface area contributed by atoms with E-state index in [9.17, 15) is 13.2 Å². The van der Waals surface area contributed by atoms with Crippen molar-refractivity contribution in [3.05, 3.63) is 0 Å². The summed E-state index contributed by atoms with van der Waals surface area (Å²) in [6.07, 6.45) is -4.93. The van der Waals surface area contributed by atoms with E-state index < -0.39 is 21.6 Å². The normalized spacial score (nSPS) is 14.1. The van der Waals surface area contributed by atoms with E-state index >= 15 is 0 Å². The van der Waals surface area contributed by atoms with E-state index in [0.717, 1.165) is 0 Å². The van der Waals surface area contributed by atoms with Crippen LogP contribution in [0.5, 0.6) is 0 Å². The van der Waals surface area contributed by atoms with E-state index in [-0.39, 0.29) is 12.2 Å². The molecule has 1 atom stereocenters. The van der Waals surface area contributed by atoms with Crippen LogP contribution in [0.3, 0.4) is 0 Å². The molecule has 0 radical (unpaired) electrons. The number of halogens is 3. The highest BCUT2D eigenvalue weighted by molar-refractivity contribution is 6.48. The molecule has 2 nitrogen and oxygen atoms in total. The number of alkyl halides is 3. The highest BCUT2D eigenvalue weighted by Gasteiger charge is 2.27. The molecule has 0 aliphatic rings. The summed E-state index contributed by atoms with van der Waals surface area (Å²) in [5.41, 5.74) is 0. The summed E-state index contributed by atoms with van der Waals surface area (Å²) in [7, 11) is -1.99. The van der Waals surface area contributed by atoms with Gasteiger partial charge in [-0.25, -0.2) is 0 Å². The highest BCUT2D eigenvalue weighted by Crippen LogP contribution is 2.21. The van der Waals surface area contributed by atoms with Crippen molar-refractivity contribution in [1.82, 2.24) is 6.15 Å². The molecule has 4 N–H and O–H groups in total. The first-order valence-electron chi connectivity index (χ1n) is 2.66. The Kier molecular flexibility index (Phi) is 5.91. The minimum atomic E-state index is -4.09. The molecule has 1 unspecified atom stereocenters. The average Bonchev–Trinajstić information content (AvgIpc) is 1.59. The molecule has 0 saturated heterocycles. The van der Waals surface area contributed by atoms with Crippen LogP contribution < -0.4 is 6.15 Å². The second-order valence-corrected chi connectivity index (χ2v) is 4.28. The second kappa shape index (κ2) is 4.70. The molecule has 0 aliphatic heterocycles. The summed E-state index contributed by atoms with van der Waals surface area (Å²) in [6, 6.07) is -0.0660. The van der Waals surface area contributed by atoms with Gasteiger partial charge in [-0.05, 0) is 12.6 Å². The maximum atomic E-state index is 11.3. The zero-order valence-corrected chi connectivity index (χ0v) is 6.93. The van der Waals surface area contributed by atoms with E-state index in [2.05, 4.69) is 0 Å². The lowest BCUT2D eigenvalue weighted by molar-refractivity contribution is -0.130. The third-order valence-corrected chi connectivity index (χ3v) is 1.97. The molecule has 0 spiro atoms. The summed E-state index contributed by atoms with van der Waals surface area (Å²) in [5.74, 6) is 0. The standard InChI is InChI=1S/C4H9F3OSi.H3N/c1-9(8)3-2-4(5,6)7;/h8-9H,2-3H2,1H3;1H3. The van der Waals surface area contributed by atoms with Gasteiger partial charge in [-0.3, -0.25) is 0 Å². The largest absolute Gasteiger partial charge is 0.435 e. The molecule has 0 aromatic rings. The van der Waals surface area contributed by atoms with Crippen molar-refractivity contribution in [2.24, 2.45) is 0 Å². The van der Waals surface area contributed by atoms with Crippen molar-refractivity contribution in [3.63, 3.8) is 0 Å². The summed E-state index contributed by atoms with van der Waals surface area (Å²) in [5, 5.41) is 0. The molecule has 10 heavy (non-hydrogen) atoms. The molecular formula is C4H12F3NOSi. The first-order chi connectivity index (χ1) is 3.92. The van der Waals surface area contributed by atoms with Gasteiger partial charge < -0.3 is 10.9 Å². The Balaban J connectivity index is 0. The monoisotopic (exact) mass is 175 g/mol. The van der Waals surface area contributed by atoms with Gasteiger partial charge >= 0.3 is 6.18 Å². The molecule has 64 valence electrons. The van der Waals surface area contributed by atoms with Crippen molar-refractivity contribution in [3.8, 4) is 0 Å². The van der Waals surface area contributed by atoms with Gasteiger partial charge in [-0.15, -0.1) is 0 Å². The summed E-state index contributed by atoms with van der Waals surface area (Å²) in [6.45, 7) is 1.48. The molecule has 0 saturated carbocycles. The Labute approximate surface area is 59.4 Å². The summed E-state index contributed by atoms with van der Waals surface area (Å²) >= 11 is 0. The minimum absolute atomic E-state index is 0. The van der Waals surface area contributed by atoms with Crippen LogP contribution in [0.15, 0.2) is 0 Å². The minimum Gasteiger partial charge on any atom is -0.435 e. The molecule has 0 bridgehead atoms. The van der Waals surface area contributed by atoms with Crippen LogP contribution in [0.25, 0.3) is 0 Å². The Morgan fingerprint density at radius 2 is 1.80 bits per heavy atom. The third-order valence-electron chi connectivity index (χ3n) is 0.846. The van der Waals surface area contributed by atoms with Crippen LogP contribution >= 0.6 is 0 Å². The molecule has 0 amide bonds. The van der Waals surface area contributed by atoms with Gasteiger partial charge in [0.1, 0.15) is 0 Å². The first-order valence-corrected chi connectivity index (χ1v) is 5.15. The third kappa shape index (κ3) is 10.8. The molecule has 6 heteroatoms. The molecular weight excluding hydrogens is 163 g/mol. The van der Waals surface area contributed by atoms with E-state index in [1.54, 1.807) is 0 Å². The SMILES string of the molecule is C[SiH](O)CCC(F)(F)F.N. The van der Waals surface area contributed by atoms with Crippen molar-refractivity contribution >= 4 is 9.04 Å². The van der Waals surface area contributed by atoms with Crippen LogP contribution in [-0.4, -0.2) is 20.0 Å². The fourth-order valence-corrected chi connectivity index (χ4v) is 1.12. The molecule has 0 heterocycles. The Morgan fingerprint density at radius 3 is 1.90 bits per heavy atom. The topological polar surface area (TPSA) is 55.2 Å². The lowest BCUT2D eigenvalue weighted by atomic mass is 10.5. The average molecular weight is 175 g/mol. The fourth-order valence-electron chi connectivity index (χ4n) is 0.373. The van der Waals surface area contributed by atoms with Crippen LogP contribution in [0, 0.1) is 0 Å². The van der Waals surface area contributed by atoms with Crippen molar-refractivity contribution in [2.75, 3.05) is 0 Å². The number of rotatable bonds is 2. The fraction of sp³-hybridized carbons (Fsp3) is 1.00. The zero-order valence-electron chi connectivity index (χ0n) is 5.78. The summed E-state index contributed by atoms with van der Waals surface area (Å²) in [4.78, 5) is 8.55. The lowest BCUT2D eigenvalue weighted by Crippen LogP contribution is -2.13. The number of hydrogen-bond donors (Lipinski definition) is 2. The van der Waals surface area contributed by atoms with Gasteiger partial charge in [0, 0.05) is 6.42 Å². The second-order valence-electron chi connectivity index (χ2n) is 2.00. The maximum Gasteiger partial charge on any atom is 0.388 e. The Hall–Kier alpha value is -0.0731. The van der Waals surface area contributed by atoms with Gasteiger partial charge in [-0.2, -0.15) is 13.2 Å². The van der Waals surface area contributed by atoms with Gasteiger partial charge in [0.2, 0.25) is 0 Å². The molecule has 0 rings (SSSR count). The van der Waals surface area contributed by atoms with E-state index in [4.69, 9.17) is 4.80 Å². The van der Waals surface area contributed by atoms with Crippen LogP contribution in [0.2, 0.25) is 12.6 Å². The predicted octanol–water partition coefficient (Wildman–Crippen LogP) is 1.45. The van der Waals surface area contributed by atoms with Gasteiger partial charge in [0.15, 0.2) is 9.04 Å².